The van der Waals surface area contributed by atoms with Crippen molar-refractivity contribution in [2.75, 3.05) is 0 Å². The van der Waals surface area contributed by atoms with Crippen LogP contribution < -0.4 is 5.73 Å². The van der Waals surface area contributed by atoms with E-state index in [-0.39, 0.29) is 12.0 Å². The van der Waals surface area contributed by atoms with E-state index in [2.05, 4.69) is 15.9 Å². The Labute approximate surface area is 123 Å². The summed E-state index contributed by atoms with van der Waals surface area (Å²) in [6, 6.07) is 8.82. The van der Waals surface area contributed by atoms with Crippen LogP contribution in [0, 0.1) is 11.6 Å². The molecule has 2 N–H and O–H groups in total. The first kappa shape index (κ1) is 14.4. The largest absolute Gasteiger partial charge is 0.324 e. The first-order valence-corrected chi connectivity index (χ1v) is 6.79. The fourth-order valence-electron chi connectivity index (χ4n) is 1.85. The van der Waals surface area contributed by atoms with Crippen LogP contribution in [0.2, 0.25) is 5.02 Å². The monoisotopic (exact) mass is 345 g/mol. The van der Waals surface area contributed by atoms with Crippen molar-refractivity contribution in [3.05, 3.63) is 68.7 Å². The van der Waals surface area contributed by atoms with E-state index in [4.69, 9.17) is 17.3 Å². The summed E-state index contributed by atoms with van der Waals surface area (Å²) in [5.41, 5.74) is 7.05. The lowest BCUT2D eigenvalue weighted by molar-refractivity contribution is 0.494. The van der Waals surface area contributed by atoms with E-state index in [0.29, 0.717) is 5.02 Å². The maximum atomic E-state index is 13.6. The second kappa shape index (κ2) is 5.99. The number of nitrogens with two attached hydrogens (primary N) is 1. The molecule has 1 atom stereocenters. The molecular weight excluding hydrogens is 336 g/mol. The normalized spacial score (nSPS) is 12.5. The van der Waals surface area contributed by atoms with Crippen molar-refractivity contribution >= 4 is 27.5 Å². The first-order valence-electron chi connectivity index (χ1n) is 5.62. The fourth-order valence-corrected chi connectivity index (χ4v) is 2.57. The van der Waals surface area contributed by atoms with Gasteiger partial charge in [0.15, 0.2) is 11.6 Å². The summed E-state index contributed by atoms with van der Waals surface area (Å²) in [5.74, 6) is -1.72. The quantitative estimate of drug-likeness (QED) is 0.862. The highest BCUT2D eigenvalue weighted by Gasteiger charge is 2.15. The van der Waals surface area contributed by atoms with Gasteiger partial charge in [0.1, 0.15) is 0 Å². The van der Waals surface area contributed by atoms with Crippen molar-refractivity contribution < 1.29 is 8.78 Å². The molecule has 0 fully saturated rings. The van der Waals surface area contributed by atoms with Crippen molar-refractivity contribution in [3.63, 3.8) is 0 Å². The summed E-state index contributed by atoms with van der Waals surface area (Å²) >= 11 is 9.28. The SMILES string of the molecule is NC(Cc1cccc(F)c1F)c1cc(Cl)ccc1Br. The lowest BCUT2D eigenvalue weighted by Gasteiger charge is -2.15. The molecule has 100 valence electrons. The molecule has 0 radical (unpaired) electrons. The van der Waals surface area contributed by atoms with Crippen molar-refractivity contribution in [1.82, 2.24) is 0 Å². The van der Waals surface area contributed by atoms with E-state index in [1.54, 1.807) is 18.2 Å². The van der Waals surface area contributed by atoms with Gasteiger partial charge < -0.3 is 5.73 Å². The maximum Gasteiger partial charge on any atom is 0.162 e. The molecule has 0 heterocycles. The third-order valence-corrected chi connectivity index (χ3v) is 3.79. The second-order valence-electron chi connectivity index (χ2n) is 4.19. The molecule has 1 unspecified atom stereocenters. The van der Waals surface area contributed by atoms with Crippen LogP contribution in [0.5, 0.6) is 0 Å². The van der Waals surface area contributed by atoms with Crippen LogP contribution in [-0.4, -0.2) is 0 Å². The lowest BCUT2D eigenvalue weighted by atomic mass is 9.99. The summed E-state index contributed by atoms with van der Waals surface area (Å²) in [5, 5.41) is 0.549. The zero-order valence-corrected chi connectivity index (χ0v) is 12.2. The van der Waals surface area contributed by atoms with Crippen molar-refractivity contribution in [2.45, 2.75) is 12.5 Å². The number of hydrogen-bond acceptors (Lipinski definition) is 1. The molecule has 1 nitrogen and oxygen atoms in total. The fraction of sp³-hybridized carbons (Fsp3) is 0.143. The lowest BCUT2D eigenvalue weighted by Crippen LogP contribution is -2.15. The Morgan fingerprint density at radius 2 is 1.95 bits per heavy atom. The number of halogens is 4. The number of hydrogen-bond donors (Lipinski definition) is 1. The Balaban J connectivity index is 2.28. The van der Waals surface area contributed by atoms with E-state index < -0.39 is 17.7 Å². The molecule has 0 aliphatic heterocycles. The van der Waals surface area contributed by atoms with Crippen LogP contribution in [0.25, 0.3) is 0 Å². The Morgan fingerprint density at radius 3 is 2.68 bits per heavy atom. The first-order chi connectivity index (χ1) is 8.99. The predicted molar refractivity (Wildman–Crippen MR) is 76.1 cm³/mol. The Kier molecular flexibility index (Phi) is 4.55. The average Bonchev–Trinajstić information content (AvgIpc) is 2.38. The maximum absolute atomic E-state index is 13.6. The van der Waals surface area contributed by atoms with Gasteiger partial charge in [-0.3, -0.25) is 0 Å². The van der Waals surface area contributed by atoms with Gasteiger partial charge in [-0.15, -0.1) is 0 Å². The van der Waals surface area contributed by atoms with Gasteiger partial charge in [0.25, 0.3) is 0 Å². The highest BCUT2D eigenvalue weighted by molar-refractivity contribution is 9.10. The van der Waals surface area contributed by atoms with E-state index in [1.165, 1.54) is 12.1 Å². The molecule has 0 bridgehead atoms. The minimum absolute atomic E-state index is 0.197. The van der Waals surface area contributed by atoms with Crippen LogP contribution in [0.15, 0.2) is 40.9 Å². The Morgan fingerprint density at radius 1 is 1.21 bits per heavy atom. The zero-order chi connectivity index (χ0) is 14.0. The molecule has 0 saturated heterocycles. The van der Waals surface area contributed by atoms with Gasteiger partial charge in [0, 0.05) is 15.5 Å². The van der Waals surface area contributed by atoms with Crippen molar-refractivity contribution in [3.8, 4) is 0 Å². The minimum Gasteiger partial charge on any atom is -0.324 e. The van der Waals surface area contributed by atoms with Crippen LogP contribution >= 0.6 is 27.5 Å². The molecule has 0 aromatic heterocycles. The van der Waals surface area contributed by atoms with Gasteiger partial charge in [-0.25, -0.2) is 8.78 Å². The summed E-state index contributed by atoms with van der Waals surface area (Å²) < 4.78 is 27.5. The molecule has 2 rings (SSSR count). The van der Waals surface area contributed by atoms with Crippen LogP contribution in [0.3, 0.4) is 0 Å². The second-order valence-corrected chi connectivity index (χ2v) is 5.48. The van der Waals surface area contributed by atoms with Gasteiger partial charge in [0.2, 0.25) is 0 Å². The van der Waals surface area contributed by atoms with Gasteiger partial charge in [-0.05, 0) is 41.8 Å². The molecule has 0 aliphatic carbocycles. The summed E-state index contributed by atoms with van der Waals surface area (Å²) in [4.78, 5) is 0. The molecule has 19 heavy (non-hydrogen) atoms. The molecule has 2 aromatic carbocycles. The zero-order valence-electron chi connectivity index (χ0n) is 9.84. The molecule has 2 aromatic rings. The molecule has 5 heteroatoms. The Bertz CT molecular complexity index is 604. The van der Waals surface area contributed by atoms with Crippen molar-refractivity contribution in [1.29, 1.82) is 0 Å². The Hall–Kier alpha value is -0.970. The third kappa shape index (κ3) is 3.32. The van der Waals surface area contributed by atoms with E-state index >= 15 is 0 Å². The topological polar surface area (TPSA) is 26.0 Å². The highest BCUT2D eigenvalue weighted by atomic mass is 79.9. The molecular formula is C14H11BrClF2N. The third-order valence-electron chi connectivity index (χ3n) is 2.83. The minimum atomic E-state index is -0.866. The smallest absolute Gasteiger partial charge is 0.162 e. The van der Waals surface area contributed by atoms with E-state index in [1.807, 2.05) is 0 Å². The van der Waals surface area contributed by atoms with Crippen LogP contribution in [-0.2, 0) is 6.42 Å². The van der Waals surface area contributed by atoms with Gasteiger partial charge in [-0.1, -0.05) is 39.7 Å². The van der Waals surface area contributed by atoms with Crippen LogP contribution in [0.4, 0.5) is 8.78 Å². The summed E-state index contributed by atoms with van der Waals surface area (Å²) in [6.45, 7) is 0. The molecule has 0 saturated carbocycles. The number of rotatable bonds is 3. The van der Waals surface area contributed by atoms with Gasteiger partial charge in [0.05, 0.1) is 0 Å². The molecule has 0 amide bonds. The summed E-state index contributed by atoms with van der Waals surface area (Å²) in [6.07, 6.45) is 0.197. The van der Waals surface area contributed by atoms with Crippen LogP contribution in [0.1, 0.15) is 17.2 Å². The highest BCUT2D eigenvalue weighted by Crippen LogP contribution is 2.28. The van der Waals surface area contributed by atoms with E-state index in [9.17, 15) is 8.78 Å². The standard InChI is InChI=1S/C14H11BrClF2N/c15-11-5-4-9(16)7-10(11)13(19)6-8-2-1-3-12(17)14(8)18/h1-5,7,13H,6,19H2. The summed E-state index contributed by atoms with van der Waals surface area (Å²) in [7, 11) is 0. The molecule has 0 spiro atoms. The average molecular weight is 347 g/mol. The molecule has 0 aliphatic rings. The van der Waals surface area contributed by atoms with Gasteiger partial charge >= 0.3 is 0 Å². The number of benzene rings is 2. The predicted octanol–water partition coefficient (Wildman–Crippen LogP) is 4.62. The van der Waals surface area contributed by atoms with Gasteiger partial charge in [-0.2, -0.15) is 0 Å². The van der Waals surface area contributed by atoms with E-state index in [0.717, 1.165) is 16.1 Å². The van der Waals surface area contributed by atoms with Crippen molar-refractivity contribution in [2.24, 2.45) is 5.73 Å².